The average molecular weight is 165 g/mol. The van der Waals surface area contributed by atoms with Crippen molar-refractivity contribution in [1.29, 1.82) is 0 Å². The van der Waals surface area contributed by atoms with E-state index in [4.69, 9.17) is 0 Å². The van der Waals surface area contributed by atoms with Gasteiger partial charge < -0.3 is 5.32 Å². The van der Waals surface area contributed by atoms with E-state index in [1.807, 2.05) is 12.2 Å². The van der Waals surface area contributed by atoms with Crippen LogP contribution in [0.3, 0.4) is 0 Å². The van der Waals surface area contributed by atoms with Gasteiger partial charge in [-0.25, -0.2) is 0 Å². The van der Waals surface area contributed by atoms with Gasteiger partial charge in [-0.05, 0) is 38.1 Å². The number of allylic oxidation sites excluding steroid dienone is 1. The smallest absolute Gasteiger partial charge is 0.0104 e. The molecule has 1 nitrogen and oxygen atoms in total. The lowest BCUT2D eigenvalue weighted by atomic mass is 9.88. The van der Waals surface area contributed by atoms with Gasteiger partial charge in [0.2, 0.25) is 0 Å². The van der Waals surface area contributed by atoms with Crippen molar-refractivity contribution in [3.05, 3.63) is 25.3 Å². The number of hydrogen-bond donors (Lipinski definition) is 1. The molecule has 0 aromatic carbocycles. The molecule has 0 saturated carbocycles. The summed E-state index contributed by atoms with van der Waals surface area (Å²) >= 11 is 0. The second-order valence-corrected chi connectivity index (χ2v) is 3.59. The van der Waals surface area contributed by atoms with Crippen molar-refractivity contribution in [3.8, 4) is 0 Å². The molecule has 1 N–H and O–H groups in total. The molecule has 1 saturated heterocycles. The molecular formula is C11H19N. The molecule has 0 amide bonds. The van der Waals surface area contributed by atoms with Crippen molar-refractivity contribution >= 4 is 0 Å². The maximum absolute atomic E-state index is 3.79. The molecule has 12 heavy (non-hydrogen) atoms. The zero-order valence-corrected chi connectivity index (χ0v) is 7.76. The van der Waals surface area contributed by atoms with E-state index in [2.05, 4.69) is 18.5 Å². The van der Waals surface area contributed by atoms with Crippen molar-refractivity contribution in [2.75, 3.05) is 6.54 Å². The van der Waals surface area contributed by atoms with E-state index in [1.54, 1.807) is 0 Å². The fourth-order valence-electron chi connectivity index (χ4n) is 1.93. The first-order valence-electron chi connectivity index (χ1n) is 4.82. The number of nitrogens with one attached hydrogen (secondary N) is 1. The van der Waals surface area contributed by atoms with Crippen molar-refractivity contribution in [2.45, 2.75) is 31.7 Å². The second kappa shape index (κ2) is 5.15. The molecule has 0 aliphatic carbocycles. The van der Waals surface area contributed by atoms with Gasteiger partial charge in [0.05, 0.1) is 0 Å². The van der Waals surface area contributed by atoms with Gasteiger partial charge in [0.25, 0.3) is 0 Å². The van der Waals surface area contributed by atoms with E-state index < -0.39 is 0 Å². The molecule has 0 spiro atoms. The van der Waals surface area contributed by atoms with Crippen LogP contribution >= 0.6 is 0 Å². The molecule has 0 aromatic heterocycles. The van der Waals surface area contributed by atoms with Crippen LogP contribution in [0.2, 0.25) is 0 Å². The summed E-state index contributed by atoms with van der Waals surface area (Å²) in [7, 11) is 0. The minimum Gasteiger partial charge on any atom is -0.314 e. The standard InChI is InChI=1S/C11H19N/c1-3-5-10-7-8-12-11(9-10)6-4-2/h3-4,10-12H,1-2,5-9H2. The molecular weight excluding hydrogens is 146 g/mol. The van der Waals surface area contributed by atoms with Crippen molar-refractivity contribution in [1.82, 2.24) is 5.32 Å². The minimum absolute atomic E-state index is 0.668. The summed E-state index contributed by atoms with van der Waals surface area (Å²) in [6.07, 6.45) is 8.93. The highest BCUT2D eigenvalue weighted by Crippen LogP contribution is 2.21. The summed E-state index contributed by atoms with van der Waals surface area (Å²) in [6.45, 7) is 8.71. The molecule has 1 aliphatic rings. The quantitative estimate of drug-likeness (QED) is 0.631. The number of hydrogen-bond acceptors (Lipinski definition) is 1. The summed E-state index contributed by atoms with van der Waals surface area (Å²) in [5, 5.41) is 3.50. The van der Waals surface area contributed by atoms with Crippen LogP contribution in [0.4, 0.5) is 0 Å². The highest BCUT2D eigenvalue weighted by Gasteiger charge is 2.18. The molecule has 0 radical (unpaired) electrons. The van der Waals surface area contributed by atoms with Crippen molar-refractivity contribution < 1.29 is 0 Å². The van der Waals surface area contributed by atoms with Crippen LogP contribution in [0, 0.1) is 5.92 Å². The molecule has 0 aromatic rings. The Morgan fingerprint density at radius 1 is 1.25 bits per heavy atom. The van der Waals surface area contributed by atoms with E-state index in [0.717, 1.165) is 18.9 Å². The number of piperidine rings is 1. The molecule has 0 bridgehead atoms. The SMILES string of the molecule is C=CCC1CCNC(CC=C)C1. The van der Waals surface area contributed by atoms with Crippen molar-refractivity contribution in [3.63, 3.8) is 0 Å². The zero-order chi connectivity index (χ0) is 8.81. The Balaban J connectivity index is 2.29. The highest BCUT2D eigenvalue weighted by atomic mass is 14.9. The topological polar surface area (TPSA) is 12.0 Å². The van der Waals surface area contributed by atoms with Gasteiger partial charge in [-0.15, -0.1) is 13.2 Å². The van der Waals surface area contributed by atoms with Crippen molar-refractivity contribution in [2.24, 2.45) is 5.92 Å². The Hall–Kier alpha value is -0.560. The van der Waals surface area contributed by atoms with Crippen LogP contribution in [0.5, 0.6) is 0 Å². The van der Waals surface area contributed by atoms with Gasteiger partial charge in [-0.1, -0.05) is 12.2 Å². The monoisotopic (exact) mass is 165 g/mol. The molecule has 2 unspecified atom stereocenters. The van der Waals surface area contributed by atoms with E-state index in [9.17, 15) is 0 Å². The summed E-state index contributed by atoms with van der Waals surface area (Å²) < 4.78 is 0. The first-order valence-corrected chi connectivity index (χ1v) is 4.82. The molecule has 1 fully saturated rings. The van der Waals surface area contributed by atoms with Crippen LogP contribution in [0.1, 0.15) is 25.7 Å². The first kappa shape index (κ1) is 9.53. The van der Waals surface area contributed by atoms with E-state index in [1.165, 1.54) is 19.3 Å². The molecule has 1 aliphatic heterocycles. The highest BCUT2D eigenvalue weighted by molar-refractivity contribution is 4.86. The summed E-state index contributed by atoms with van der Waals surface area (Å²) in [5.74, 6) is 0.855. The fourth-order valence-corrected chi connectivity index (χ4v) is 1.93. The third-order valence-corrected chi connectivity index (χ3v) is 2.55. The summed E-state index contributed by atoms with van der Waals surface area (Å²) in [4.78, 5) is 0. The molecule has 2 atom stereocenters. The van der Waals surface area contributed by atoms with E-state index in [0.29, 0.717) is 6.04 Å². The summed E-state index contributed by atoms with van der Waals surface area (Å²) in [5.41, 5.74) is 0. The van der Waals surface area contributed by atoms with Gasteiger partial charge in [0.1, 0.15) is 0 Å². The Morgan fingerprint density at radius 3 is 2.67 bits per heavy atom. The Morgan fingerprint density at radius 2 is 2.00 bits per heavy atom. The van der Waals surface area contributed by atoms with Crippen LogP contribution in [0.15, 0.2) is 25.3 Å². The molecule has 1 heterocycles. The van der Waals surface area contributed by atoms with Crippen LogP contribution in [-0.4, -0.2) is 12.6 Å². The van der Waals surface area contributed by atoms with Gasteiger partial charge in [0.15, 0.2) is 0 Å². The zero-order valence-electron chi connectivity index (χ0n) is 7.76. The van der Waals surface area contributed by atoms with Crippen LogP contribution < -0.4 is 5.32 Å². The maximum atomic E-state index is 3.79. The Bertz CT molecular complexity index is 135. The Kier molecular flexibility index (Phi) is 4.09. The lowest BCUT2D eigenvalue weighted by molar-refractivity contribution is 0.305. The third kappa shape index (κ3) is 2.82. The van der Waals surface area contributed by atoms with Gasteiger partial charge in [0, 0.05) is 6.04 Å². The molecule has 1 rings (SSSR count). The maximum Gasteiger partial charge on any atom is 0.0104 e. The van der Waals surface area contributed by atoms with Crippen LogP contribution in [0.25, 0.3) is 0 Å². The normalized spacial score (nSPS) is 29.7. The lowest BCUT2D eigenvalue weighted by Gasteiger charge is -2.29. The summed E-state index contributed by atoms with van der Waals surface area (Å²) in [6, 6.07) is 0.668. The van der Waals surface area contributed by atoms with E-state index in [-0.39, 0.29) is 0 Å². The fraction of sp³-hybridized carbons (Fsp3) is 0.636. The second-order valence-electron chi connectivity index (χ2n) is 3.59. The number of rotatable bonds is 4. The largest absolute Gasteiger partial charge is 0.314 e. The van der Waals surface area contributed by atoms with Gasteiger partial charge in [-0.2, -0.15) is 0 Å². The lowest BCUT2D eigenvalue weighted by Crippen LogP contribution is -2.37. The first-order chi connectivity index (χ1) is 5.86. The molecule has 1 heteroatoms. The van der Waals surface area contributed by atoms with Crippen LogP contribution in [-0.2, 0) is 0 Å². The average Bonchev–Trinajstić information content (AvgIpc) is 2.06. The van der Waals surface area contributed by atoms with E-state index >= 15 is 0 Å². The third-order valence-electron chi connectivity index (χ3n) is 2.55. The Labute approximate surface area is 75.6 Å². The minimum atomic E-state index is 0.668. The molecule has 68 valence electrons. The predicted octanol–water partition coefficient (Wildman–Crippen LogP) is 2.51. The van der Waals surface area contributed by atoms with Gasteiger partial charge >= 0.3 is 0 Å². The van der Waals surface area contributed by atoms with Gasteiger partial charge in [-0.3, -0.25) is 0 Å². The predicted molar refractivity (Wildman–Crippen MR) is 54.1 cm³/mol.